The fourth-order valence-electron chi connectivity index (χ4n) is 5.00. The van der Waals surface area contributed by atoms with Gasteiger partial charge in [-0.1, -0.05) is 24.3 Å². The second-order valence-corrected chi connectivity index (χ2v) is 10.3. The highest BCUT2D eigenvalue weighted by Gasteiger charge is 2.52. The molecule has 0 radical (unpaired) electrons. The average Bonchev–Trinajstić information content (AvgIpc) is 2.85. The van der Waals surface area contributed by atoms with Gasteiger partial charge in [0, 0.05) is 24.4 Å². The Hall–Kier alpha value is -1.44. The summed E-state index contributed by atoms with van der Waals surface area (Å²) >= 11 is 0. The molecule has 2 aliphatic heterocycles. The van der Waals surface area contributed by atoms with Gasteiger partial charge in [0.25, 0.3) is 0 Å². The minimum Gasteiger partial charge on any atom is -0.390 e. The predicted molar refractivity (Wildman–Crippen MR) is 98.2 cm³/mol. The van der Waals surface area contributed by atoms with Crippen molar-refractivity contribution in [2.75, 3.05) is 24.6 Å². The van der Waals surface area contributed by atoms with E-state index in [1.165, 1.54) is 0 Å². The van der Waals surface area contributed by atoms with Gasteiger partial charge in [0.1, 0.15) is 9.84 Å². The first-order valence-corrected chi connectivity index (χ1v) is 11.2. The van der Waals surface area contributed by atoms with Gasteiger partial charge in [-0.05, 0) is 36.8 Å². The van der Waals surface area contributed by atoms with Crippen LogP contribution in [0.15, 0.2) is 24.3 Å². The Balaban J connectivity index is 1.47. The lowest BCUT2D eigenvalue weighted by Gasteiger charge is -2.43. The summed E-state index contributed by atoms with van der Waals surface area (Å²) < 4.78 is 23.2. The minimum atomic E-state index is -2.96. The zero-order valence-corrected chi connectivity index (χ0v) is 15.6. The Bertz CT molecular complexity index is 801. The molecule has 26 heavy (non-hydrogen) atoms. The van der Waals surface area contributed by atoms with E-state index in [1.54, 1.807) is 0 Å². The van der Waals surface area contributed by atoms with E-state index in [0.717, 1.165) is 11.1 Å². The van der Waals surface area contributed by atoms with Gasteiger partial charge in [0.05, 0.1) is 23.7 Å². The number of piperidine rings is 1. The highest BCUT2D eigenvalue weighted by Crippen LogP contribution is 2.50. The summed E-state index contributed by atoms with van der Waals surface area (Å²) in [6.45, 7) is 1.17. The lowest BCUT2D eigenvalue weighted by molar-refractivity contribution is -0.138. The minimum absolute atomic E-state index is 0.0693. The van der Waals surface area contributed by atoms with Crippen LogP contribution in [0.3, 0.4) is 0 Å². The maximum absolute atomic E-state index is 12.8. The number of likely N-dealkylation sites (tertiary alicyclic amines) is 1. The second-order valence-electron chi connectivity index (χ2n) is 7.97. The van der Waals surface area contributed by atoms with E-state index >= 15 is 0 Å². The molecule has 1 aliphatic carbocycles. The van der Waals surface area contributed by atoms with Crippen molar-refractivity contribution in [3.63, 3.8) is 0 Å². The maximum atomic E-state index is 12.8. The third-order valence-electron chi connectivity index (χ3n) is 6.63. The molecule has 0 bridgehead atoms. The lowest BCUT2D eigenvalue weighted by Crippen LogP contribution is -2.51. The van der Waals surface area contributed by atoms with Crippen molar-refractivity contribution in [1.82, 2.24) is 4.90 Å². The average molecular weight is 378 g/mol. The number of hydrogen-bond donors (Lipinski definition) is 2. The number of nitrogens with zero attached hydrogens (tertiary/aromatic N) is 1. The number of nitrogens with two attached hydrogens (primary N) is 1. The molecule has 2 fully saturated rings. The quantitative estimate of drug-likeness (QED) is 0.751. The first kappa shape index (κ1) is 17.9. The van der Waals surface area contributed by atoms with Crippen molar-refractivity contribution in [2.45, 2.75) is 43.2 Å². The molecule has 3 aliphatic rings. The van der Waals surface area contributed by atoms with Crippen molar-refractivity contribution in [3.8, 4) is 0 Å². The van der Waals surface area contributed by atoms with Crippen LogP contribution in [-0.4, -0.2) is 55.0 Å². The molecule has 0 unspecified atom stereocenters. The molecule has 3 N–H and O–H groups in total. The Morgan fingerprint density at radius 2 is 1.77 bits per heavy atom. The molecule has 0 aromatic heterocycles. The number of rotatable bonds is 1. The van der Waals surface area contributed by atoms with Crippen molar-refractivity contribution in [3.05, 3.63) is 35.4 Å². The standard InChI is InChI=1S/C19H26N2O4S/c20-16-14-3-1-2-4-15(14)19(17(16)22)7-9-21(10-8-19)18(23)13-5-11-26(24,25)12-6-13/h1-4,13,16-17,22H,5-12,20H2/t16-,17+/m0/s1. The van der Waals surface area contributed by atoms with Gasteiger partial charge in [0.2, 0.25) is 5.91 Å². The summed E-state index contributed by atoms with van der Waals surface area (Å²) in [5.41, 5.74) is 8.00. The van der Waals surface area contributed by atoms with Crippen LogP contribution < -0.4 is 5.73 Å². The largest absolute Gasteiger partial charge is 0.390 e. The van der Waals surface area contributed by atoms with Crippen LogP contribution in [0.5, 0.6) is 0 Å². The molecular formula is C19H26N2O4S. The number of hydrogen-bond acceptors (Lipinski definition) is 5. The number of benzene rings is 1. The third-order valence-corrected chi connectivity index (χ3v) is 8.35. The molecule has 2 saturated heterocycles. The van der Waals surface area contributed by atoms with Crippen LogP contribution in [-0.2, 0) is 20.0 Å². The first-order chi connectivity index (χ1) is 12.3. The molecule has 1 aromatic rings. The molecule has 2 heterocycles. The van der Waals surface area contributed by atoms with E-state index in [4.69, 9.17) is 5.73 Å². The van der Waals surface area contributed by atoms with Crippen molar-refractivity contribution < 1.29 is 18.3 Å². The van der Waals surface area contributed by atoms with Gasteiger partial charge in [0.15, 0.2) is 0 Å². The van der Waals surface area contributed by atoms with E-state index in [0.29, 0.717) is 38.8 Å². The highest BCUT2D eigenvalue weighted by atomic mass is 32.2. The summed E-state index contributed by atoms with van der Waals surface area (Å²) in [4.78, 5) is 14.7. The van der Waals surface area contributed by atoms with Gasteiger partial charge in [-0.3, -0.25) is 4.79 Å². The summed E-state index contributed by atoms with van der Waals surface area (Å²) in [6, 6.07) is 7.58. The lowest BCUT2D eigenvalue weighted by atomic mass is 9.72. The molecule has 1 spiro atoms. The molecule has 0 saturated carbocycles. The second kappa shape index (κ2) is 6.32. The summed E-state index contributed by atoms with van der Waals surface area (Å²) in [5.74, 6) is 0.111. The number of carbonyl (C=O) groups excluding carboxylic acids is 1. The number of aliphatic hydroxyl groups excluding tert-OH is 1. The van der Waals surface area contributed by atoms with Crippen LogP contribution in [0.2, 0.25) is 0 Å². The Labute approximate surface area is 154 Å². The number of carbonyl (C=O) groups is 1. The van der Waals surface area contributed by atoms with Crippen LogP contribution >= 0.6 is 0 Å². The molecule has 142 valence electrons. The highest BCUT2D eigenvalue weighted by molar-refractivity contribution is 7.91. The molecular weight excluding hydrogens is 352 g/mol. The smallest absolute Gasteiger partial charge is 0.225 e. The van der Waals surface area contributed by atoms with Crippen molar-refractivity contribution in [1.29, 1.82) is 0 Å². The van der Waals surface area contributed by atoms with Crippen LogP contribution in [0, 0.1) is 5.92 Å². The zero-order valence-electron chi connectivity index (χ0n) is 14.8. The molecule has 7 heteroatoms. The van der Waals surface area contributed by atoms with Gasteiger partial charge >= 0.3 is 0 Å². The number of aliphatic hydroxyl groups is 1. The summed E-state index contributed by atoms with van der Waals surface area (Å²) in [6.07, 6.45) is 1.61. The third kappa shape index (κ3) is 2.77. The molecule has 2 atom stereocenters. The van der Waals surface area contributed by atoms with Crippen LogP contribution in [0.4, 0.5) is 0 Å². The summed E-state index contributed by atoms with van der Waals surface area (Å²) in [5, 5.41) is 10.8. The van der Waals surface area contributed by atoms with Gasteiger partial charge in [-0.2, -0.15) is 0 Å². The molecule has 1 amide bonds. The van der Waals surface area contributed by atoms with Gasteiger partial charge < -0.3 is 15.7 Å². The first-order valence-electron chi connectivity index (χ1n) is 9.36. The normalized spacial score (nSPS) is 30.3. The fraction of sp³-hybridized carbons (Fsp3) is 0.632. The monoisotopic (exact) mass is 378 g/mol. The van der Waals surface area contributed by atoms with E-state index in [9.17, 15) is 18.3 Å². The zero-order chi connectivity index (χ0) is 18.5. The topological polar surface area (TPSA) is 101 Å². The Morgan fingerprint density at radius 3 is 2.42 bits per heavy atom. The molecule has 1 aromatic carbocycles. The van der Waals surface area contributed by atoms with E-state index in [-0.39, 0.29) is 34.8 Å². The maximum Gasteiger partial charge on any atom is 0.225 e. The predicted octanol–water partition coefficient (Wildman–Crippen LogP) is 0.746. The molecule has 6 nitrogen and oxygen atoms in total. The summed E-state index contributed by atoms with van der Waals surface area (Å²) in [7, 11) is -2.96. The Morgan fingerprint density at radius 1 is 1.15 bits per heavy atom. The van der Waals surface area contributed by atoms with Gasteiger partial charge in [-0.25, -0.2) is 8.42 Å². The van der Waals surface area contributed by atoms with E-state index in [2.05, 4.69) is 6.07 Å². The van der Waals surface area contributed by atoms with E-state index in [1.807, 2.05) is 23.1 Å². The Kier molecular flexibility index (Phi) is 4.36. The SMILES string of the molecule is N[C@H]1c2ccccc2C2(CCN(C(=O)C3CCS(=O)(=O)CC3)CC2)[C@@H]1O. The van der Waals surface area contributed by atoms with Crippen LogP contribution in [0.1, 0.15) is 42.9 Å². The fourth-order valence-corrected chi connectivity index (χ4v) is 6.49. The number of sulfone groups is 1. The van der Waals surface area contributed by atoms with Gasteiger partial charge in [-0.15, -0.1) is 0 Å². The van der Waals surface area contributed by atoms with E-state index < -0.39 is 15.9 Å². The van der Waals surface area contributed by atoms with Crippen molar-refractivity contribution >= 4 is 15.7 Å². The number of fused-ring (bicyclic) bond motifs is 2. The molecule has 4 rings (SSSR count). The number of amides is 1. The van der Waals surface area contributed by atoms with Crippen molar-refractivity contribution in [2.24, 2.45) is 11.7 Å². The van der Waals surface area contributed by atoms with Crippen LogP contribution in [0.25, 0.3) is 0 Å².